The number of benzene rings is 2. The molecule has 7 heteroatoms. The molecule has 2 amide bonds. The molecule has 1 aliphatic heterocycles. The predicted molar refractivity (Wildman–Crippen MR) is 155 cm³/mol. The minimum atomic E-state index is -0.843. The van der Waals surface area contributed by atoms with Crippen LogP contribution in [0.15, 0.2) is 67.3 Å². The van der Waals surface area contributed by atoms with Crippen LogP contribution in [0.4, 0.5) is 0 Å². The van der Waals surface area contributed by atoms with Gasteiger partial charge in [0.15, 0.2) is 5.78 Å². The van der Waals surface area contributed by atoms with Gasteiger partial charge in [0.05, 0.1) is 6.33 Å². The predicted octanol–water partition coefficient (Wildman–Crippen LogP) is 5.08. The van der Waals surface area contributed by atoms with Crippen molar-refractivity contribution in [2.75, 3.05) is 0 Å². The number of fused-ring (bicyclic) bond motifs is 1. The summed E-state index contributed by atoms with van der Waals surface area (Å²) >= 11 is 0. The van der Waals surface area contributed by atoms with Gasteiger partial charge in [0.1, 0.15) is 18.1 Å². The highest BCUT2D eigenvalue weighted by Crippen LogP contribution is 2.37. The van der Waals surface area contributed by atoms with Gasteiger partial charge in [-0.05, 0) is 65.3 Å². The van der Waals surface area contributed by atoms with Crippen molar-refractivity contribution in [3.8, 4) is 5.69 Å². The number of carbonyl (C=O) groups excluding carboxylic acids is 3. The largest absolute Gasteiger partial charge is 0.342 e. The summed E-state index contributed by atoms with van der Waals surface area (Å²) in [6, 6.07) is 13.7. The molecule has 3 atom stereocenters. The van der Waals surface area contributed by atoms with Crippen molar-refractivity contribution >= 4 is 17.6 Å². The monoisotopic (exact) mass is 540 g/mol. The molecular weight excluding hydrogens is 500 g/mol. The Morgan fingerprint density at radius 1 is 1.02 bits per heavy atom. The van der Waals surface area contributed by atoms with Gasteiger partial charge in [0.2, 0.25) is 11.8 Å². The summed E-state index contributed by atoms with van der Waals surface area (Å²) in [6.07, 6.45) is 7.54. The molecule has 0 spiro atoms. The second-order valence-corrected chi connectivity index (χ2v) is 13.0. The van der Waals surface area contributed by atoms with Gasteiger partial charge in [-0.3, -0.25) is 14.4 Å². The molecule has 1 aliphatic carbocycles. The van der Waals surface area contributed by atoms with E-state index in [0.717, 1.165) is 24.1 Å². The molecule has 1 aromatic heterocycles. The Morgan fingerprint density at radius 2 is 1.68 bits per heavy atom. The first-order chi connectivity index (χ1) is 19.0. The Labute approximate surface area is 237 Å². The molecule has 7 nitrogen and oxygen atoms in total. The molecule has 1 fully saturated rings. The van der Waals surface area contributed by atoms with Crippen molar-refractivity contribution < 1.29 is 14.4 Å². The van der Waals surface area contributed by atoms with Crippen LogP contribution in [-0.4, -0.2) is 44.1 Å². The highest BCUT2D eigenvalue weighted by molar-refractivity contribution is 6.00. The standard InChI is InChI=1S/C33H40N4O3/c1-21(2)16-27-31(39)35-29(25-17-23-8-6-7-9-24(23)18-25)32(40)37(27)30(28(38)19-33(3,4)5)22-10-12-26(13-11-22)36-15-14-34-20-36/h6-15,20-21,25,27,29-30H,16-19H2,1-5H3,(H,35,39)/t27-,29-,30-/m1/s1. The van der Waals surface area contributed by atoms with Crippen LogP contribution in [0.25, 0.3) is 5.69 Å². The molecule has 0 bridgehead atoms. The van der Waals surface area contributed by atoms with Gasteiger partial charge in [-0.2, -0.15) is 0 Å². The Balaban J connectivity index is 1.55. The fourth-order valence-electron chi connectivity index (χ4n) is 6.24. The van der Waals surface area contributed by atoms with Crippen LogP contribution in [0, 0.1) is 17.3 Å². The highest BCUT2D eigenvalue weighted by atomic mass is 16.2. The second kappa shape index (κ2) is 11.0. The van der Waals surface area contributed by atoms with Crippen molar-refractivity contribution in [1.29, 1.82) is 0 Å². The van der Waals surface area contributed by atoms with E-state index in [1.165, 1.54) is 11.1 Å². The lowest BCUT2D eigenvalue weighted by Crippen LogP contribution is -2.66. The molecule has 1 N–H and O–H groups in total. The molecule has 2 heterocycles. The second-order valence-electron chi connectivity index (χ2n) is 13.0. The number of amides is 2. The minimum absolute atomic E-state index is 0.0432. The van der Waals surface area contributed by atoms with Gasteiger partial charge in [0, 0.05) is 24.5 Å². The van der Waals surface area contributed by atoms with Crippen molar-refractivity contribution in [2.45, 2.75) is 78.4 Å². The molecule has 210 valence electrons. The zero-order valence-electron chi connectivity index (χ0n) is 24.1. The third-order valence-corrected chi connectivity index (χ3v) is 8.00. The van der Waals surface area contributed by atoms with Gasteiger partial charge in [0.25, 0.3) is 0 Å². The van der Waals surface area contributed by atoms with Crippen LogP contribution >= 0.6 is 0 Å². The molecule has 40 heavy (non-hydrogen) atoms. The van der Waals surface area contributed by atoms with Gasteiger partial charge < -0.3 is 14.8 Å². The quantitative estimate of drug-likeness (QED) is 0.432. The number of Topliss-reactive ketones (excluding diaryl/α,β-unsaturated/α-hetero) is 1. The molecule has 5 rings (SSSR count). The number of imidazole rings is 1. The summed E-state index contributed by atoms with van der Waals surface area (Å²) in [6.45, 7) is 10.2. The minimum Gasteiger partial charge on any atom is -0.342 e. The van der Waals surface area contributed by atoms with E-state index >= 15 is 0 Å². The van der Waals surface area contributed by atoms with Crippen molar-refractivity contribution in [2.24, 2.45) is 17.3 Å². The molecule has 1 saturated heterocycles. The number of hydrogen-bond acceptors (Lipinski definition) is 4. The molecule has 2 aliphatic rings. The van der Waals surface area contributed by atoms with E-state index in [1.54, 1.807) is 17.4 Å². The molecular formula is C33H40N4O3. The number of ketones is 1. The van der Waals surface area contributed by atoms with Crippen molar-refractivity contribution in [3.63, 3.8) is 0 Å². The van der Waals surface area contributed by atoms with Crippen LogP contribution in [0.5, 0.6) is 0 Å². The molecule has 0 unspecified atom stereocenters. The lowest BCUT2D eigenvalue weighted by Gasteiger charge is -2.45. The smallest absolute Gasteiger partial charge is 0.247 e. The highest BCUT2D eigenvalue weighted by Gasteiger charge is 2.49. The van der Waals surface area contributed by atoms with E-state index in [9.17, 15) is 14.4 Å². The van der Waals surface area contributed by atoms with Crippen LogP contribution in [-0.2, 0) is 27.2 Å². The van der Waals surface area contributed by atoms with E-state index in [-0.39, 0.29) is 34.8 Å². The fraction of sp³-hybridized carbons (Fsp3) is 0.455. The zero-order valence-corrected chi connectivity index (χ0v) is 24.1. The average molecular weight is 541 g/mol. The van der Waals surface area contributed by atoms with E-state index in [1.807, 2.05) is 81.8 Å². The average Bonchev–Trinajstić information content (AvgIpc) is 3.57. The first-order valence-corrected chi connectivity index (χ1v) is 14.3. The summed E-state index contributed by atoms with van der Waals surface area (Å²) in [5, 5.41) is 3.10. The van der Waals surface area contributed by atoms with Crippen LogP contribution in [0.1, 0.15) is 70.2 Å². The molecule has 0 saturated carbocycles. The third kappa shape index (κ3) is 5.74. The summed E-state index contributed by atoms with van der Waals surface area (Å²) in [7, 11) is 0. The Kier molecular flexibility index (Phi) is 7.67. The first-order valence-electron chi connectivity index (χ1n) is 14.3. The lowest BCUT2D eigenvalue weighted by molar-refractivity contribution is -0.157. The van der Waals surface area contributed by atoms with Crippen LogP contribution in [0.3, 0.4) is 0 Å². The Morgan fingerprint density at radius 3 is 2.23 bits per heavy atom. The normalized spacial score (nSPS) is 20.5. The summed E-state index contributed by atoms with van der Waals surface area (Å²) in [5.74, 6) is -0.251. The third-order valence-electron chi connectivity index (χ3n) is 8.00. The van der Waals surface area contributed by atoms with Crippen LogP contribution < -0.4 is 5.32 Å². The van der Waals surface area contributed by atoms with Gasteiger partial charge >= 0.3 is 0 Å². The summed E-state index contributed by atoms with van der Waals surface area (Å²) in [5.41, 5.74) is 3.81. The number of piperazine rings is 1. The Bertz CT molecular complexity index is 1350. The summed E-state index contributed by atoms with van der Waals surface area (Å²) in [4.78, 5) is 48.1. The lowest BCUT2D eigenvalue weighted by atomic mass is 9.83. The topological polar surface area (TPSA) is 84.3 Å². The van der Waals surface area contributed by atoms with E-state index in [4.69, 9.17) is 0 Å². The number of nitrogens with zero attached hydrogens (tertiary/aromatic N) is 3. The van der Waals surface area contributed by atoms with E-state index < -0.39 is 18.1 Å². The maximum absolute atomic E-state index is 14.5. The first kappa shape index (κ1) is 27.8. The molecule has 0 radical (unpaired) electrons. The SMILES string of the molecule is CC(C)C[C@@H]1C(=O)N[C@H](C2Cc3ccccc3C2)C(=O)N1[C@@H](C(=O)CC(C)(C)C)c1ccc(-n2ccnc2)cc1. The maximum Gasteiger partial charge on any atom is 0.247 e. The van der Waals surface area contributed by atoms with Crippen LogP contribution in [0.2, 0.25) is 0 Å². The van der Waals surface area contributed by atoms with Gasteiger partial charge in [-0.25, -0.2) is 4.98 Å². The fourth-order valence-corrected chi connectivity index (χ4v) is 6.24. The van der Waals surface area contributed by atoms with E-state index in [2.05, 4.69) is 22.4 Å². The number of carbonyl (C=O) groups is 3. The molecule has 2 aromatic carbocycles. The summed E-state index contributed by atoms with van der Waals surface area (Å²) < 4.78 is 1.89. The van der Waals surface area contributed by atoms with Gasteiger partial charge in [-0.1, -0.05) is 71.0 Å². The van der Waals surface area contributed by atoms with Crippen molar-refractivity contribution in [3.05, 3.63) is 83.9 Å². The molecule has 3 aromatic rings. The van der Waals surface area contributed by atoms with Crippen molar-refractivity contribution in [1.82, 2.24) is 19.8 Å². The maximum atomic E-state index is 14.5. The number of aromatic nitrogens is 2. The zero-order chi connectivity index (χ0) is 28.6. The number of rotatable bonds is 8. The van der Waals surface area contributed by atoms with E-state index in [0.29, 0.717) is 12.8 Å². The number of nitrogens with one attached hydrogen (secondary N) is 1. The van der Waals surface area contributed by atoms with Gasteiger partial charge in [-0.15, -0.1) is 0 Å². The Hall–Kier alpha value is -3.74. The number of hydrogen-bond donors (Lipinski definition) is 1.